The van der Waals surface area contributed by atoms with E-state index in [-0.39, 0.29) is 36.4 Å². The van der Waals surface area contributed by atoms with Gasteiger partial charge in [-0.3, -0.25) is 19.3 Å². The highest BCUT2D eigenvalue weighted by atomic mass is 32.1. The van der Waals surface area contributed by atoms with Gasteiger partial charge in [0.05, 0.1) is 11.5 Å². The molecule has 10 nitrogen and oxygen atoms in total. The van der Waals surface area contributed by atoms with E-state index in [2.05, 4.69) is 16.2 Å². The molecule has 2 N–H and O–H groups in total. The highest BCUT2D eigenvalue weighted by Gasteiger charge is 2.37. The maximum Gasteiger partial charge on any atom is 0.355 e. The number of carboxylic acids is 1. The van der Waals surface area contributed by atoms with Gasteiger partial charge in [-0.25, -0.2) is 9.78 Å². The standard InChI is InChI=1S/C27H42N4O6S/c1-11-18(12-2)19(14-28-26(36)27(6,7)30(8)9)24(33)31(10)21(16(3)4)13-22(37-17(5)32)23-29-20(15-38-23)25(34)35/h1,15-16,18-19,21-22H,12-14H2,2-10H3,(H,28,36)(H,34,35)/t18-,19-,21+,22+/m0/s1. The highest BCUT2D eigenvalue weighted by molar-refractivity contribution is 7.09. The zero-order valence-electron chi connectivity index (χ0n) is 23.9. The largest absolute Gasteiger partial charge is 0.476 e. The molecule has 0 aromatic carbocycles. The first-order chi connectivity index (χ1) is 17.6. The Morgan fingerprint density at radius 2 is 1.84 bits per heavy atom. The summed E-state index contributed by atoms with van der Waals surface area (Å²) in [7, 11) is 5.28. The number of thiazole rings is 1. The van der Waals surface area contributed by atoms with Gasteiger partial charge in [-0.05, 0) is 40.3 Å². The molecule has 1 heterocycles. The maximum atomic E-state index is 13.8. The second kappa shape index (κ2) is 14.3. The van der Waals surface area contributed by atoms with Gasteiger partial charge in [-0.15, -0.1) is 23.7 Å². The van der Waals surface area contributed by atoms with Crippen molar-refractivity contribution in [2.45, 2.75) is 72.1 Å². The third-order valence-corrected chi connectivity index (χ3v) is 7.94. The van der Waals surface area contributed by atoms with E-state index in [0.29, 0.717) is 11.4 Å². The Morgan fingerprint density at radius 1 is 1.24 bits per heavy atom. The Morgan fingerprint density at radius 3 is 2.26 bits per heavy atom. The van der Waals surface area contributed by atoms with E-state index < -0.39 is 41.5 Å². The van der Waals surface area contributed by atoms with Crippen LogP contribution < -0.4 is 5.32 Å². The third kappa shape index (κ3) is 8.53. The lowest BCUT2D eigenvalue weighted by molar-refractivity contribution is -0.149. The number of esters is 1. The molecule has 38 heavy (non-hydrogen) atoms. The summed E-state index contributed by atoms with van der Waals surface area (Å²) in [4.78, 5) is 57.4. The predicted molar refractivity (Wildman–Crippen MR) is 146 cm³/mol. The number of terminal acetylenes is 1. The third-order valence-electron chi connectivity index (χ3n) is 7.01. The summed E-state index contributed by atoms with van der Waals surface area (Å²) in [5.74, 6) is -0.576. The second-order valence-electron chi connectivity index (χ2n) is 10.4. The molecule has 1 aromatic heterocycles. The number of carboxylic acid groups (broad SMARTS) is 1. The zero-order chi connectivity index (χ0) is 29.4. The molecule has 212 valence electrons. The van der Waals surface area contributed by atoms with Crippen molar-refractivity contribution in [2.75, 3.05) is 27.7 Å². The molecule has 0 bridgehead atoms. The first kappa shape index (κ1) is 33.1. The van der Waals surface area contributed by atoms with Crippen LogP contribution in [0.15, 0.2) is 5.38 Å². The number of hydrogen-bond donors (Lipinski definition) is 2. The minimum Gasteiger partial charge on any atom is -0.476 e. The summed E-state index contributed by atoms with van der Waals surface area (Å²) in [6, 6.07) is -0.393. The molecule has 0 saturated carbocycles. The smallest absolute Gasteiger partial charge is 0.355 e. The monoisotopic (exact) mass is 550 g/mol. The number of carbonyl (C=O) groups is 4. The van der Waals surface area contributed by atoms with Crippen LogP contribution in [0.3, 0.4) is 0 Å². The number of nitrogens with one attached hydrogen (secondary N) is 1. The Balaban J connectivity index is 3.27. The first-order valence-electron chi connectivity index (χ1n) is 12.6. The lowest BCUT2D eigenvalue weighted by Gasteiger charge is -2.37. The average Bonchev–Trinajstić information content (AvgIpc) is 3.33. The SMILES string of the molecule is C#C[C@@H](CC)[C@H](CNC(=O)C(C)(C)N(C)C)C(=O)N(C)[C@H](C[C@@H](OC(C)=O)c1nc(C(=O)O)cs1)C(C)C. The molecule has 0 spiro atoms. The molecular formula is C27H42N4O6S. The number of rotatable bonds is 14. The van der Waals surface area contributed by atoms with Crippen LogP contribution in [0.5, 0.6) is 0 Å². The molecule has 11 heteroatoms. The van der Waals surface area contributed by atoms with E-state index in [1.165, 1.54) is 12.3 Å². The van der Waals surface area contributed by atoms with E-state index in [9.17, 15) is 24.3 Å². The van der Waals surface area contributed by atoms with Crippen LogP contribution in [0.4, 0.5) is 0 Å². The summed E-state index contributed by atoms with van der Waals surface area (Å²) in [5.41, 5.74) is -0.915. The summed E-state index contributed by atoms with van der Waals surface area (Å²) in [6.45, 7) is 10.7. The number of carbonyl (C=O) groups excluding carboxylic acids is 3. The van der Waals surface area contributed by atoms with E-state index in [1.807, 2.05) is 20.8 Å². The fourth-order valence-electron chi connectivity index (χ4n) is 4.00. The van der Waals surface area contributed by atoms with Gasteiger partial charge in [-0.2, -0.15) is 0 Å². The number of ether oxygens (including phenoxy) is 1. The van der Waals surface area contributed by atoms with Gasteiger partial charge in [0.1, 0.15) is 5.01 Å². The van der Waals surface area contributed by atoms with Crippen LogP contribution in [-0.4, -0.2) is 82.9 Å². The van der Waals surface area contributed by atoms with Crippen molar-refractivity contribution in [3.63, 3.8) is 0 Å². The van der Waals surface area contributed by atoms with Crippen molar-refractivity contribution in [1.82, 2.24) is 20.1 Å². The Kier molecular flexibility index (Phi) is 12.4. The Labute approximate surface area is 230 Å². The minimum atomic E-state index is -1.18. The summed E-state index contributed by atoms with van der Waals surface area (Å²) < 4.78 is 5.51. The van der Waals surface area contributed by atoms with Crippen molar-refractivity contribution in [2.24, 2.45) is 17.8 Å². The fraction of sp³-hybridized carbons (Fsp3) is 0.667. The van der Waals surface area contributed by atoms with Gasteiger partial charge in [0.2, 0.25) is 11.8 Å². The second-order valence-corrected chi connectivity index (χ2v) is 11.3. The van der Waals surface area contributed by atoms with Gasteiger partial charge in [0.15, 0.2) is 11.8 Å². The molecule has 0 aliphatic carbocycles. The maximum absolute atomic E-state index is 13.8. The molecule has 0 unspecified atom stereocenters. The van der Waals surface area contributed by atoms with Gasteiger partial charge in [0, 0.05) is 44.3 Å². The zero-order valence-corrected chi connectivity index (χ0v) is 24.7. The fourth-order valence-corrected chi connectivity index (χ4v) is 4.83. The molecule has 4 atom stereocenters. The van der Waals surface area contributed by atoms with Gasteiger partial charge >= 0.3 is 11.9 Å². The van der Waals surface area contributed by atoms with Crippen LogP contribution in [0, 0.1) is 30.1 Å². The quantitative estimate of drug-likeness (QED) is 0.267. The van der Waals surface area contributed by atoms with Crippen molar-refractivity contribution in [3.8, 4) is 12.3 Å². The van der Waals surface area contributed by atoms with Gasteiger partial charge in [0.25, 0.3) is 0 Å². The number of amides is 2. The summed E-state index contributed by atoms with van der Waals surface area (Å²) >= 11 is 1.09. The summed E-state index contributed by atoms with van der Waals surface area (Å²) in [5, 5.41) is 13.9. The molecule has 0 radical (unpaired) electrons. The van der Waals surface area contributed by atoms with Crippen LogP contribution in [0.1, 0.15) is 76.0 Å². The minimum absolute atomic E-state index is 0.0465. The van der Waals surface area contributed by atoms with Crippen molar-refractivity contribution < 1.29 is 29.0 Å². The number of aromatic nitrogens is 1. The van der Waals surface area contributed by atoms with Crippen LogP contribution in [0.25, 0.3) is 0 Å². The lowest BCUT2D eigenvalue weighted by Crippen LogP contribution is -2.54. The Bertz CT molecular complexity index is 1030. The van der Waals surface area contributed by atoms with E-state index in [1.54, 1.807) is 44.8 Å². The lowest BCUT2D eigenvalue weighted by atomic mass is 9.87. The highest BCUT2D eigenvalue weighted by Crippen LogP contribution is 2.31. The number of aromatic carboxylic acids is 1. The molecule has 2 amide bonds. The molecule has 0 saturated heterocycles. The molecule has 1 rings (SSSR count). The van der Waals surface area contributed by atoms with E-state index in [4.69, 9.17) is 11.2 Å². The molecule has 1 aromatic rings. The number of likely N-dealkylation sites (N-methyl/N-ethyl adjacent to an activating group) is 1. The normalized spacial score (nSPS) is 14.8. The van der Waals surface area contributed by atoms with Crippen LogP contribution in [0.2, 0.25) is 0 Å². The van der Waals surface area contributed by atoms with Gasteiger partial charge in [-0.1, -0.05) is 20.8 Å². The summed E-state index contributed by atoms with van der Waals surface area (Å²) in [6.07, 6.45) is 5.71. The first-order valence-corrected chi connectivity index (χ1v) is 13.5. The van der Waals surface area contributed by atoms with Gasteiger partial charge < -0.3 is 20.1 Å². The number of hydrogen-bond acceptors (Lipinski definition) is 8. The van der Waals surface area contributed by atoms with Crippen molar-refractivity contribution >= 4 is 35.1 Å². The molecule has 0 aliphatic rings. The van der Waals surface area contributed by atoms with Crippen molar-refractivity contribution in [3.05, 3.63) is 16.1 Å². The molecule has 0 aliphatic heterocycles. The topological polar surface area (TPSA) is 129 Å². The van der Waals surface area contributed by atoms with Crippen molar-refractivity contribution in [1.29, 1.82) is 0 Å². The average molecular weight is 551 g/mol. The van der Waals surface area contributed by atoms with Crippen LogP contribution >= 0.6 is 11.3 Å². The molecular weight excluding hydrogens is 508 g/mol. The van der Waals surface area contributed by atoms with Crippen LogP contribution in [-0.2, 0) is 19.1 Å². The molecule has 0 fully saturated rings. The van der Waals surface area contributed by atoms with E-state index in [0.717, 1.165) is 11.3 Å². The predicted octanol–water partition coefficient (Wildman–Crippen LogP) is 3.05. The number of nitrogens with zero attached hydrogens (tertiary/aromatic N) is 3. The Hall–Kier alpha value is -2.97. The van der Waals surface area contributed by atoms with E-state index >= 15 is 0 Å².